The molecule has 1 aromatic rings. The van der Waals surface area contributed by atoms with E-state index in [1.165, 1.54) is 5.38 Å². The molecule has 0 aliphatic carbocycles. The van der Waals surface area contributed by atoms with Crippen molar-refractivity contribution in [3.63, 3.8) is 0 Å². The van der Waals surface area contributed by atoms with E-state index >= 15 is 0 Å². The van der Waals surface area contributed by atoms with Gasteiger partial charge in [-0.25, -0.2) is 14.1 Å². The van der Waals surface area contributed by atoms with Gasteiger partial charge in [0.25, 0.3) is 11.8 Å². The van der Waals surface area contributed by atoms with Gasteiger partial charge in [0.15, 0.2) is 10.8 Å². The van der Waals surface area contributed by atoms with Gasteiger partial charge in [-0.3, -0.25) is 14.1 Å². The van der Waals surface area contributed by atoms with Crippen LogP contribution in [0.4, 0.5) is 9.93 Å². The third-order valence-electron chi connectivity index (χ3n) is 3.40. The van der Waals surface area contributed by atoms with Crippen LogP contribution in [-0.4, -0.2) is 75.6 Å². The fourth-order valence-corrected chi connectivity index (χ4v) is 3.86. The molecule has 0 aromatic carbocycles. The van der Waals surface area contributed by atoms with Crippen molar-refractivity contribution < 1.29 is 36.9 Å². The Labute approximate surface area is 181 Å². The van der Waals surface area contributed by atoms with E-state index in [0.29, 0.717) is 4.43 Å². The second kappa shape index (κ2) is 9.50. The van der Waals surface area contributed by atoms with Crippen LogP contribution in [0.3, 0.4) is 0 Å². The van der Waals surface area contributed by atoms with Crippen molar-refractivity contribution in [1.82, 2.24) is 14.6 Å². The number of nitrogens with two attached hydrogens (primary N) is 2. The maximum absolute atomic E-state index is 12.6. The highest BCUT2D eigenvalue weighted by Gasteiger charge is 2.54. The van der Waals surface area contributed by atoms with E-state index in [1.54, 1.807) is 0 Å². The molecule has 2 atom stereocenters. The van der Waals surface area contributed by atoms with Crippen LogP contribution in [0.2, 0.25) is 0 Å². The number of carbonyl (C=O) groups excluding carboxylic acids is 3. The van der Waals surface area contributed by atoms with Crippen LogP contribution in [0.5, 0.6) is 0 Å². The van der Waals surface area contributed by atoms with E-state index in [2.05, 4.69) is 20.2 Å². The zero-order valence-electron chi connectivity index (χ0n) is 14.3. The first kappa shape index (κ1) is 23.0. The molecule has 1 aromatic heterocycles. The number of ether oxygens (including phenoxy) is 1. The predicted octanol–water partition coefficient (Wildman–Crippen LogP) is -1.53. The van der Waals surface area contributed by atoms with Gasteiger partial charge in [-0.1, -0.05) is 27.7 Å². The number of nitrogen functional groups attached to an aromatic ring is 1. The number of β-lactam (4-membered cyclic amide) rings is 1. The number of amides is 3. The molecule has 29 heavy (non-hydrogen) atoms. The molecule has 17 heteroatoms. The number of oxime groups is 1. The quantitative estimate of drug-likeness (QED) is 0.0518. The number of aromatic nitrogens is 1. The number of hydrogen-bond donors (Lipinski definition) is 4. The summed E-state index contributed by atoms with van der Waals surface area (Å²) in [5.74, 6) is -2.08. The van der Waals surface area contributed by atoms with Gasteiger partial charge in [-0.2, -0.15) is 8.42 Å². The lowest BCUT2D eigenvalue weighted by atomic mass is 9.99. The molecule has 1 fully saturated rings. The van der Waals surface area contributed by atoms with E-state index in [4.69, 9.17) is 20.9 Å². The number of rotatable bonds is 9. The Morgan fingerprint density at radius 2 is 2.17 bits per heavy atom. The summed E-state index contributed by atoms with van der Waals surface area (Å²) in [6.45, 7) is -0.502. The number of halogens is 1. The first-order valence-corrected chi connectivity index (χ1v) is 11.4. The smallest absolute Gasteiger partial charge is 0.404 e. The number of nitrogens with one attached hydrogen (secondary N) is 1. The molecule has 0 bridgehead atoms. The molecule has 2 heterocycles. The molecule has 14 nitrogen and oxygen atoms in total. The Morgan fingerprint density at radius 3 is 2.69 bits per heavy atom. The van der Waals surface area contributed by atoms with Gasteiger partial charge in [-0.15, -0.1) is 11.3 Å². The zero-order valence-corrected chi connectivity index (χ0v) is 18.1. The Kier molecular flexibility index (Phi) is 7.54. The van der Waals surface area contributed by atoms with Crippen LogP contribution in [0.1, 0.15) is 5.69 Å². The lowest BCUT2D eigenvalue weighted by molar-refractivity contribution is -0.146. The van der Waals surface area contributed by atoms with Crippen LogP contribution in [0, 0.1) is 0 Å². The summed E-state index contributed by atoms with van der Waals surface area (Å²) in [7, 11) is -4.95. The lowest BCUT2D eigenvalue weighted by Crippen LogP contribution is -2.73. The van der Waals surface area contributed by atoms with Crippen molar-refractivity contribution >= 4 is 73.0 Å². The van der Waals surface area contributed by atoms with E-state index in [9.17, 15) is 22.8 Å². The van der Waals surface area contributed by atoms with Crippen molar-refractivity contribution in [3.05, 3.63) is 11.1 Å². The number of carbonyl (C=O) groups is 3. The monoisotopic (exact) mass is 562 g/mol. The van der Waals surface area contributed by atoms with Crippen molar-refractivity contribution in [2.24, 2.45) is 10.9 Å². The first-order valence-electron chi connectivity index (χ1n) is 7.57. The number of thiazole rings is 1. The molecule has 0 saturated carbocycles. The summed E-state index contributed by atoms with van der Waals surface area (Å²) in [6, 6.07) is -2.86. The van der Waals surface area contributed by atoms with E-state index in [0.717, 1.165) is 11.3 Å². The molecule has 0 radical (unpaired) electrons. The summed E-state index contributed by atoms with van der Waals surface area (Å²) in [6.07, 6.45) is -1.24. The van der Waals surface area contributed by atoms with Crippen molar-refractivity contribution in [2.45, 2.75) is 12.1 Å². The van der Waals surface area contributed by atoms with Crippen molar-refractivity contribution in [3.8, 4) is 0 Å². The number of nitrogens with zero attached hydrogens (tertiary/aromatic N) is 3. The highest BCUT2D eigenvalue weighted by molar-refractivity contribution is 14.1. The van der Waals surface area contributed by atoms with Crippen molar-refractivity contribution in [2.75, 3.05) is 23.4 Å². The Morgan fingerprint density at radius 1 is 1.48 bits per heavy atom. The van der Waals surface area contributed by atoms with Crippen molar-refractivity contribution in [1.29, 1.82) is 0 Å². The van der Waals surface area contributed by atoms with Crippen LogP contribution in [0.15, 0.2) is 10.5 Å². The molecule has 1 aliphatic rings. The third-order valence-corrected chi connectivity index (χ3v) is 5.47. The van der Waals surface area contributed by atoms with Gasteiger partial charge in [0.2, 0.25) is 0 Å². The molecule has 0 spiro atoms. The largest absolute Gasteiger partial charge is 0.447 e. The molecule has 2 rings (SSSR count). The van der Waals surface area contributed by atoms with Gasteiger partial charge in [0.1, 0.15) is 31.0 Å². The molecule has 2 unspecified atom stereocenters. The molecule has 1 aliphatic heterocycles. The van der Waals surface area contributed by atoms with Gasteiger partial charge in [0, 0.05) is 9.81 Å². The minimum absolute atomic E-state index is 0.0606. The van der Waals surface area contributed by atoms with Gasteiger partial charge >= 0.3 is 16.4 Å². The Hall–Kier alpha value is -2.25. The van der Waals surface area contributed by atoms with Gasteiger partial charge < -0.3 is 26.4 Å². The van der Waals surface area contributed by atoms with Crippen LogP contribution in [-0.2, 0) is 29.5 Å². The van der Waals surface area contributed by atoms with Crippen LogP contribution >= 0.6 is 33.9 Å². The summed E-state index contributed by atoms with van der Waals surface area (Å²) in [4.78, 5) is 44.4. The SMILES string of the molecule is NC(=O)OCC1C(NC(=O)/C(=N\OCCI)c2csc(N)n2)C(=O)N1S(=O)(=O)O. The lowest BCUT2D eigenvalue weighted by Gasteiger charge is -2.43. The summed E-state index contributed by atoms with van der Waals surface area (Å²) >= 11 is 3.06. The van der Waals surface area contributed by atoms with Gasteiger partial charge in [0.05, 0.1) is 0 Å². The molecule has 1 saturated heterocycles. The van der Waals surface area contributed by atoms with Crippen LogP contribution < -0.4 is 16.8 Å². The Bertz CT molecular complexity index is 935. The first-order chi connectivity index (χ1) is 13.6. The topological polar surface area (TPSA) is 217 Å². The van der Waals surface area contributed by atoms with Gasteiger partial charge in [-0.05, 0) is 0 Å². The number of hydrogen-bond acceptors (Lipinski definition) is 11. The number of alkyl halides is 1. The summed E-state index contributed by atoms with van der Waals surface area (Å²) in [5, 5.41) is 7.53. The zero-order chi connectivity index (χ0) is 21.8. The van der Waals surface area contributed by atoms with E-state index in [-0.39, 0.29) is 27.4 Å². The number of anilines is 1. The molecular formula is C12H15IN6O8S2. The number of primary amides is 1. The normalized spacial score (nSPS) is 19.4. The maximum atomic E-state index is 12.6. The maximum Gasteiger partial charge on any atom is 0.404 e. The average Bonchev–Trinajstić information content (AvgIpc) is 3.04. The molecule has 6 N–H and O–H groups in total. The fraction of sp³-hybridized carbons (Fsp3) is 0.417. The molecule has 160 valence electrons. The molecular weight excluding hydrogens is 547 g/mol. The Balaban J connectivity index is 2.23. The molecule has 3 amide bonds. The van der Waals surface area contributed by atoms with E-state index < -0.39 is 46.9 Å². The second-order valence-electron chi connectivity index (χ2n) is 5.29. The summed E-state index contributed by atoms with van der Waals surface area (Å²) < 4.78 is 37.0. The highest BCUT2D eigenvalue weighted by atomic mass is 127. The highest BCUT2D eigenvalue weighted by Crippen LogP contribution is 2.24. The summed E-state index contributed by atoms with van der Waals surface area (Å²) in [5.41, 5.74) is 10.1. The van der Waals surface area contributed by atoms with E-state index in [1.807, 2.05) is 22.6 Å². The minimum Gasteiger partial charge on any atom is -0.447 e. The average molecular weight is 562 g/mol. The minimum atomic E-state index is -4.95. The second-order valence-corrected chi connectivity index (χ2v) is 8.55. The standard InChI is InChI=1S/C12H15IN6O8S2/c13-1-2-27-18-7(5-4-28-11(14)16-5)9(20)17-8-6(3-26-12(15)22)19(10(8)21)29(23,24)25/h4,6,8H,1-3H2,(H2,14,16)(H2,15,22)(H,17,20)(H,23,24,25)/b18-7-. The van der Waals surface area contributed by atoms with Crippen LogP contribution in [0.25, 0.3) is 0 Å². The predicted molar refractivity (Wildman–Crippen MR) is 108 cm³/mol. The fourth-order valence-electron chi connectivity index (χ4n) is 2.25. The third kappa shape index (κ3) is 5.64.